The quantitative estimate of drug-likeness (QED) is 0.279. The van der Waals surface area contributed by atoms with E-state index in [9.17, 15) is 19.2 Å². The van der Waals surface area contributed by atoms with Gasteiger partial charge in [-0.05, 0) is 0 Å². The largest absolute Gasteiger partial charge is 0.325 e. The minimum Gasteiger partial charge on any atom is -0.325 e. The Morgan fingerprint density at radius 3 is 1.53 bits per heavy atom. The lowest BCUT2D eigenvalue weighted by atomic mass is 10.3. The Morgan fingerprint density at radius 2 is 1.21 bits per heavy atom. The SMILES string of the molecule is O=C1NC(=O)[C@H](CSCSC[C@@H]2NC(=O)NC2=O)N1. The van der Waals surface area contributed by atoms with E-state index in [0.717, 1.165) is 0 Å². The summed E-state index contributed by atoms with van der Waals surface area (Å²) in [6, 6.07) is -1.91. The van der Waals surface area contributed by atoms with Gasteiger partial charge in [0.2, 0.25) is 0 Å². The van der Waals surface area contributed by atoms with Crippen LogP contribution < -0.4 is 21.3 Å². The molecule has 2 fully saturated rings. The zero-order valence-electron chi connectivity index (χ0n) is 9.73. The van der Waals surface area contributed by atoms with Gasteiger partial charge in [-0.25, -0.2) is 9.59 Å². The van der Waals surface area contributed by atoms with Gasteiger partial charge in [0, 0.05) is 16.6 Å². The Kier molecular flexibility index (Phi) is 4.53. The van der Waals surface area contributed by atoms with Crippen LogP contribution in [0.2, 0.25) is 0 Å². The Balaban J connectivity index is 1.58. The van der Waals surface area contributed by atoms with Crippen LogP contribution in [0.25, 0.3) is 0 Å². The number of urea groups is 2. The van der Waals surface area contributed by atoms with Crippen molar-refractivity contribution in [1.29, 1.82) is 0 Å². The van der Waals surface area contributed by atoms with Gasteiger partial charge in [0.25, 0.3) is 11.8 Å². The van der Waals surface area contributed by atoms with E-state index in [1.165, 1.54) is 23.5 Å². The van der Waals surface area contributed by atoms with E-state index < -0.39 is 24.1 Å². The summed E-state index contributed by atoms with van der Waals surface area (Å²) in [6.07, 6.45) is 0. The lowest BCUT2D eigenvalue weighted by molar-refractivity contribution is -0.120. The fraction of sp³-hybridized carbons (Fsp3) is 0.556. The van der Waals surface area contributed by atoms with E-state index in [-0.39, 0.29) is 11.8 Å². The average molecular weight is 304 g/mol. The standard InChI is InChI=1S/C9H12N4O4S2/c14-6-4(10-8(16)12-6)1-18-3-19-2-5-7(15)13-9(17)11-5/h4-5H,1-3H2,(H2,10,12,14,16)(H2,11,13,15,17)/t4-,5-/m0/s1. The van der Waals surface area contributed by atoms with Crippen LogP contribution in [-0.4, -0.2) is 52.6 Å². The van der Waals surface area contributed by atoms with Gasteiger partial charge in [-0.3, -0.25) is 20.2 Å². The topological polar surface area (TPSA) is 116 Å². The monoisotopic (exact) mass is 304 g/mol. The molecule has 0 saturated carbocycles. The summed E-state index contributed by atoms with van der Waals surface area (Å²) in [5, 5.41) is 9.97. The van der Waals surface area contributed by atoms with Crippen LogP contribution in [0.3, 0.4) is 0 Å². The minimum atomic E-state index is -0.493. The van der Waals surface area contributed by atoms with Crippen molar-refractivity contribution in [2.24, 2.45) is 0 Å². The first-order chi connectivity index (χ1) is 9.06. The molecule has 10 heteroatoms. The van der Waals surface area contributed by atoms with Gasteiger partial charge in [0.15, 0.2) is 0 Å². The number of carbonyl (C=O) groups is 4. The van der Waals surface area contributed by atoms with Crippen LogP contribution in [0.15, 0.2) is 0 Å². The van der Waals surface area contributed by atoms with Gasteiger partial charge >= 0.3 is 12.1 Å². The number of imide groups is 2. The van der Waals surface area contributed by atoms with Crippen molar-refractivity contribution in [1.82, 2.24) is 21.3 Å². The summed E-state index contributed by atoms with van der Waals surface area (Å²) in [5.41, 5.74) is 0. The van der Waals surface area contributed by atoms with E-state index in [1.54, 1.807) is 0 Å². The predicted molar refractivity (Wildman–Crippen MR) is 70.7 cm³/mol. The number of amides is 6. The van der Waals surface area contributed by atoms with Crippen molar-refractivity contribution in [2.45, 2.75) is 12.1 Å². The molecule has 2 heterocycles. The third kappa shape index (κ3) is 3.77. The van der Waals surface area contributed by atoms with E-state index in [2.05, 4.69) is 21.3 Å². The number of thioether (sulfide) groups is 2. The van der Waals surface area contributed by atoms with Crippen molar-refractivity contribution in [3.8, 4) is 0 Å². The molecule has 19 heavy (non-hydrogen) atoms. The molecule has 2 aliphatic rings. The smallest absolute Gasteiger partial charge is 0.322 e. The third-order valence-electron chi connectivity index (χ3n) is 2.45. The first-order valence-corrected chi connectivity index (χ1v) is 7.75. The highest BCUT2D eigenvalue weighted by atomic mass is 32.2. The number of nitrogens with one attached hydrogen (secondary N) is 4. The number of rotatable bonds is 6. The molecule has 0 radical (unpaired) electrons. The second-order valence-electron chi connectivity index (χ2n) is 3.89. The summed E-state index contributed by atoms with van der Waals surface area (Å²) in [5.74, 6) is 0.330. The molecule has 2 rings (SSSR count). The van der Waals surface area contributed by atoms with Crippen LogP contribution in [-0.2, 0) is 9.59 Å². The summed E-state index contributed by atoms with van der Waals surface area (Å²) in [7, 11) is 0. The zero-order chi connectivity index (χ0) is 13.8. The lowest BCUT2D eigenvalue weighted by Gasteiger charge is -2.08. The van der Waals surface area contributed by atoms with Gasteiger partial charge in [0.1, 0.15) is 12.1 Å². The minimum absolute atomic E-state index is 0.315. The molecule has 2 saturated heterocycles. The maximum atomic E-state index is 11.2. The van der Waals surface area contributed by atoms with E-state index in [1.807, 2.05) is 0 Å². The first kappa shape index (κ1) is 14.0. The van der Waals surface area contributed by atoms with Crippen LogP contribution in [0, 0.1) is 0 Å². The van der Waals surface area contributed by atoms with Gasteiger partial charge < -0.3 is 10.6 Å². The molecule has 0 spiro atoms. The second kappa shape index (κ2) is 6.15. The van der Waals surface area contributed by atoms with Crippen LogP contribution in [0.5, 0.6) is 0 Å². The summed E-state index contributed by atoms with van der Waals surface area (Å²) in [6.45, 7) is 0. The highest BCUT2D eigenvalue weighted by Gasteiger charge is 2.30. The Bertz CT molecular complexity index is 392. The van der Waals surface area contributed by atoms with Crippen LogP contribution in [0.1, 0.15) is 0 Å². The maximum Gasteiger partial charge on any atom is 0.322 e. The molecule has 2 aliphatic heterocycles. The highest BCUT2D eigenvalue weighted by Crippen LogP contribution is 2.15. The maximum absolute atomic E-state index is 11.2. The van der Waals surface area contributed by atoms with Gasteiger partial charge in [-0.1, -0.05) is 0 Å². The van der Waals surface area contributed by atoms with Crippen molar-refractivity contribution in [3.63, 3.8) is 0 Å². The molecule has 8 nitrogen and oxygen atoms in total. The number of hydrogen-bond donors (Lipinski definition) is 4. The predicted octanol–water partition coefficient (Wildman–Crippen LogP) is -1.17. The molecule has 0 unspecified atom stereocenters. The molecule has 0 aliphatic carbocycles. The number of hydrogen-bond acceptors (Lipinski definition) is 6. The zero-order valence-corrected chi connectivity index (χ0v) is 11.4. The van der Waals surface area contributed by atoms with Crippen LogP contribution in [0.4, 0.5) is 9.59 Å². The summed E-state index contributed by atoms with van der Waals surface area (Å²) in [4.78, 5) is 44.1. The molecule has 6 amide bonds. The molecule has 2 atom stereocenters. The molecule has 0 bridgehead atoms. The average Bonchev–Trinajstić information content (AvgIpc) is 2.81. The molecule has 4 N–H and O–H groups in total. The highest BCUT2D eigenvalue weighted by molar-refractivity contribution is 8.16. The summed E-state index contributed by atoms with van der Waals surface area (Å²) < 4.78 is 0. The van der Waals surface area contributed by atoms with E-state index >= 15 is 0 Å². The Morgan fingerprint density at radius 1 is 0.789 bits per heavy atom. The molecule has 0 aromatic rings. The van der Waals surface area contributed by atoms with Crippen molar-refractivity contribution in [2.75, 3.05) is 16.6 Å². The molecule has 0 aromatic carbocycles. The van der Waals surface area contributed by atoms with Crippen molar-refractivity contribution in [3.05, 3.63) is 0 Å². The normalized spacial score (nSPS) is 25.9. The van der Waals surface area contributed by atoms with Crippen molar-refractivity contribution >= 4 is 47.4 Å². The molecular formula is C9H12N4O4S2. The fourth-order valence-corrected chi connectivity index (χ4v) is 3.73. The molecular weight excluding hydrogens is 292 g/mol. The van der Waals surface area contributed by atoms with Crippen molar-refractivity contribution < 1.29 is 19.2 Å². The Labute approximate surface area is 117 Å². The third-order valence-corrected chi connectivity index (χ3v) is 4.92. The van der Waals surface area contributed by atoms with Gasteiger partial charge in [0.05, 0.1) is 0 Å². The van der Waals surface area contributed by atoms with Gasteiger partial charge in [-0.15, -0.1) is 23.5 Å². The van der Waals surface area contributed by atoms with E-state index in [0.29, 0.717) is 16.6 Å². The fourth-order valence-electron chi connectivity index (χ4n) is 1.54. The van der Waals surface area contributed by atoms with Crippen LogP contribution >= 0.6 is 23.5 Å². The lowest BCUT2D eigenvalue weighted by Crippen LogP contribution is -2.32. The molecule has 104 valence electrons. The van der Waals surface area contributed by atoms with Gasteiger partial charge in [-0.2, -0.15) is 0 Å². The second-order valence-corrected chi connectivity index (χ2v) is 6.32. The number of carbonyl (C=O) groups excluding carboxylic acids is 4. The van der Waals surface area contributed by atoms with E-state index in [4.69, 9.17) is 0 Å². The molecule has 0 aromatic heterocycles. The first-order valence-electron chi connectivity index (χ1n) is 5.44. The Hall–Kier alpha value is -1.42. The summed E-state index contributed by atoms with van der Waals surface area (Å²) >= 11 is 2.97.